The number of aromatic nitrogens is 1. The molecule has 1 fully saturated rings. The molecule has 1 aliphatic carbocycles. The van der Waals surface area contributed by atoms with Gasteiger partial charge in [-0.3, -0.25) is 19.3 Å². The smallest absolute Gasteiger partial charge is 0.330 e. The standard InChI is InChI=1S/C23H23N3O6/c1-14-11-19(25-32-14)24-20(27)13-31-23(30)18(12-15-7-3-2-4-8-15)26-21(28)16-9-5-6-10-17(16)22(26)29/h2-8,11,16-18H,9-10,12-13H2,1H3,(H,24,25,27)/t16-,17+,18-/m0/s1. The van der Waals surface area contributed by atoms with Crippen molar-refractivity contribution >= 4 is 29.5 Å². The van der Waals surface area contributed by atoms with E-state index in [0.29, 0.717) is 18.6 Å². The lowest BCUT2D eigenvalue weighted by molar-refractivity contribution is -0.160. The van der Waals surface area contributed by atoms with Crippen molar-refractivity contribution in [1.82, 2.24) is 10.1 Å². The van der Waals surface area contributed by atoms with Gasteiger partial charge < -0.3 is 14.6 Å². The Labute approximate surface area is 184 Å². The minimum Gasteiger partial charge on any atom is -0.454 e. The Hall–Kier alpha value is -3.75. The molecule has 32 heavy (non-hydrogen) atoms. The van der Waals surface area contributed by atoms with E-state index in [0.717, 1.165) is 10.5 Å². The number of nitrogens with zero attached hydrogens (tertiary/aromatic N) is 2. The summed E-state index contributed by atoms with van der Waals surface area (Å²) in [5, 5.41) is 6.10. The predicted molar refractivity (Wildman–Crippen MR) is 112 cm³/mol. The lowest BCUT2D eigenvalue weighted by atomic mass is 9.85. The number of allylic oxidation sites excluding steroid dienone is 2. The Bertz CT molecular complexity index is 1030. The zero-order valence-electron chi connectivity index (χ0n) is 17.5. The Morgan fingerprint density at radius 1 is 1.16 bits per heavy atom. The molecule has 166 valence electrons. The molecule has 1 aliphatic heterocycles. The number of nitrogens with one attached hydrogen (secondary N) is 1. The number of rotatable bonds is 7. The van der Waals surface area contributed by atoms with Crippen LogP contribution in [0.2, 0.25) is 0 Å². The number of ether oxygens (including phenoxy) is 1. The van der Waals surface area contributed by atoms with E-state index in [-0.39, 0.29) is 24.1 Å². The topological polar surface area (TPSA) is 119 Å². The summed E-state index contributed by atoms with van der Waals surface area (Å²) in [4.78, 5) is 52.2. The summed E-state index contributed by atoms with van der Waals surface area (Å²) in [7, 11) is 0. The largest absolute Gasteiger partial charge is 0.454 e. The van der Waals surface area contributed by atoms with Crippen molar-refractivity contribution in [2.45, 2.75) is 32.2 Å². The van der Waals surface area contributed by atoms with Crippen molar-refractivity contribution in [2.75, 3.05) is 11.9 Å². The molecule has 3 amide bonds. The average molecular weight is 437 g/mol. The van der Waals surface area contributed by atoms with Crippen LogP contribution >= 0.6 is 0 Å². The van der Waals surface area contributed by atoms with Gasteiger partial charge in [-0.15, -0.1) is 0 Å². The van der Waals surface area contributed by atoms with Crippen LogP contribution in [0.5, 0.6) is 0 Å². The summed E-state index contributed by atoms with van der Waals surface area (Å²) in [6.07, 6.45) is 4.82. The van der Waals surface area contributed by atoms with Gasteiger partial charge in [-0.1, -0.05) is 47.6 Å². The monoisotopic (exact) mass is 437 g/mol. The fraction of sp³-hybridized carbons (Fsp3) is 0.348. The summed E-state index contributed by atoms with van der Waals surface area (Å²) in [6, 6.07) is 9.43. The van der Waals surface area contributed by atoms with Crippen molar-refractivity contribution < 1.29 is 28.4 Å². The third-order valence-electron chi connectivity index (χ3n) is 5.64. The van der Waals surface area contributed by atoms with Gasteiger partial charge in [0, 0.05) is 12.5 Å². The molecular weight excluding hydrogens is 414 g/mol. The van der Waals surface area contributed by atoms with Crippen LogP contribution in [0.1, 0.15) is 24.2 Å². The van der Waals surface area contributed by atoms with E-state index in [2.05, 4.69) is 10.5 Å². The van der Waals surface area contributed by atoms with Gasteiger partial charge in [-0.2, -0.15) is 0 Å². The molecule has 2 aromatic rings. The lowest BCUT2D eigenvalue weighted by Gasteiger charge is -2.25. The van der Waals surface area contributed by atoms with E-state index >= 15 is 0 Å². The number of carbonyl (C=O) groups excluding carboxylic acids is 4. The summed E-state index contributed by atoms with van der Waals surface area (Å²) in [6.45, 7) is 1.09. The normalized spacial score (nSPS) is 20.7. The zero-order valence-corrected chi connectivity index (χ0v) is 17.5. The number of hydrogen-bond acceptors (Lipinski definition) is 7. The molecule has 2 aliphatic rings. The SMILES string of the molecule is Cc1cc(NC(=O)COC(=O)[C@H](Cc2ccccc2)N2C(=O)[C@H]3CC=CC[C@H]3C2=O)no1. The van der Waals surface area contributed by atoms with E-state index in [1.54, 1.807) is 19.1 Å². The van der Waals surface area contributed by atoms with Crippen LogP contribution in [0, 0.1) is 18.8 Å². The number of fused-ring (bicyclic) bond motifs is 1. The first-order valence-electron chi connectivity index (χ1n) is 10.4. The molecular formula is C23H23N3O6. The molecule has 1 N–H and O–H groups in total. The Morgan fingerprint density at radius 2 is 1.81 bits per heavy atom. The number of hydrogen-bond donors (Lipinski definition) is 1. The first-order valence-corrected chi connectivity index (χ1v) is 10.4. The number of esters is 1. The van der Waals surface area contributed by atoms with Crippen LogP contribution in [0.4, 0.5) is 5.82 Å². The van der Waals surface area contributed by atoms with E-state index in [9.17, 15) is 19.2 Å². The third kappa shape index (κ3) is 4.46. The van der Waals surface area contributed by atoms with Crippen molar-refractivity contribution in [3.8, 4) is 0 Å². The van der Waals surface area contributed by atoms with Crippen molar-refractivity contribution in [2.24, 2.45) is 11.8 Å². The second kappa shape index (κ2) is 9.17. The molecule has 0 unspecified atom stereocenters. The fourth-order valence-electron chi connectivity index (χ4n) is 4.09. The Balaban J connectivity index is 1.49. The van der Waals surface area contributed by atoms with Crippen LogP contribution in [0.15, 0.2) is 53.1 Å². The highest BCUT2D eigenvalue weighted by Gasteiger charge is 2.51. The van der Waals surface area contributed by atoms with Gasteiger partial charge in [0.25, 0.3) is 5.91 Å². The van der Waals surface area contributed by atoms with E-state index in [1.807, 2.05) is 30.4 Å². The van der Waals surface area contributed by atoms with Crippen LogP contribution in [0.3, 0.4) is 0 Å². The molecule has 2 heterocycles. The van der Waals surface area contributed by atoms with Crippen molar-refractivity contribution in [1.29, 1.82) is 0 Å². The minimum atomic E-state index is -1.15. The fourth-order valence-corrected chi connectivity index (χ4v) is 4.09. The average Bonchev–Trinajstić information content (AvgIpc) is 3.31. The van der Waals surface area contributed by atoms with Crippen molar-refractivity contribution in [3.63, 3.8) is 0 Å². The summed E-state index contributed by atoms with van der Waals surface area (Å²) >= 11 is 0. The summed E-state index contributed by atoms with van der Waals surface area (Å²) in [5.41, 5.74) is 0.769. The number of aryl methyl sites for hydroxylation is 1. The molecule has 1 saturated heterocycles. The molecule has 1 aromatic heterocycles. The van der Waals surface area contributed by atoms with Gasteiger partial charge in [0.1, 0.15) is 11.8 Å². The maximum atomic E-state index is 13.0. The molecule has 4 rings (SSSR count). The van der Waals surface area contributed by atoms with Crippen molar-refractivity contribution in [3.05, 3.63) is 59.9 Å². The zero-order chi connectivity index (χ0) is 22.7. The second-order valence-electron chi connectivity index (χ2n) is 7.89. The number of likely N-dealkylation sites (tertiary alicyclic amines) is 1. The minimum absolute atomic E-state index is 0.105. The number of carbonyl (C=O) groups is 4. The van der Waals surface area contributed by atoms with Gasteiger partial charge in [0.2, 0.25) is 11.8 Å². The molecule has 1 aromatic carbocycles. The molecule has 0 spiro atoms. The lowest BCUT2D eigenvalue weighted by Crippen LogP contribution is -2.48. The maximum Gasteiger partial charge on any atom is 0.330 e. The molecule has 9 nitrogen and oxygen atoms in total. The maximum absolute atomic E-state index is 13.0. The Morgan fingerprint density at radius 3 is 2.41 bits per heavy atom. The Kier molecular flexibility index (Phi) is 6.16. The summed E-state index contributed by atoms with van der Waals surface area (Å²) in [5.74, 6) is -2.37. The first-order chi connectivity index (χ1) is 15.4. The van der Waals surface area contributed by atoms with Gasteiger partial charge in [0.05, 0.1) is 11.8 Å². The highest BCUT2D eigenvalue weighted by Crippen LogP contribution is 2.36. The van der Waals surface area contributed by atoms with Gasteiger partial charge in [-0.25, -0.2) is 4.79 Å². The van der Waals surface area contributed by atoms with Gasteiger partial charge in [-0.05, 0) is 25.3 Å². The van der Waals surface area contributed by atoms with E-state index < -0.39 is 36.4 Å². The molecule has 0 radical (unpaired) electrons. The van der Waals surface area contributed by atoms with Crippen LogP contribution < -0.4 is 5.32 Å². The van der Waals surface area contributed by atoms with E-state index in [1.165, 1.54) is 6.07 Å². The predicted octanol–water partition coefficient (Wildman–Crippen LogP) is 2.03. The number of benzene rings is 1. The summed E-state index contributed by atoms with van der Waals surface area (Å²) < 4.78 is 10.1. The molecule has 0 bridgehead atoms. The highest BCUT2D eigenvalue weighted by molar-refractivity contribution is 6.08. The van der Waals surface area contributed by atoms with Crippen LogP contribution in [-0.2, 0) is 30.3 Å². The van der Waals surface area contributed by atoms with Gasteiger partial charge >= 0.3 is 5.97 Å². The quantitative estimate of drug-likeness (QED) is 0.400. The third-order valence-corrected chi connectivity index (χ3v) is 5.64. The molecule has 0 saturated carbocycles. The van der Waals surface area contributed by atoms with Gasteiger partial charge in [0.15, 0.2) is 12.4 Å². The first kappa shape index (κ1) is 21.5. The van der Waals surface area contributed by atoms with E-state index in [4.69, 9.17) is 9.26 Å². The van der Waals surface area contributed by atoms with Crippen LogP contribution in [-0.4, -0.2) is 46.4 Å². The molecule has 9 heteroatoms. The second-order valence-corrected chi connectivity index (χ2v) is 7.89. The number of amides is 3. The molecule has 3 atom stereocenters. The highest BCUT2D eigenvalue weighted by atomic mass is 16.5. The van der Waals surface area contributed by atoms with Crippen LogP contribution in [0.25, 0.3) is 0 Å². The number of imide groups is 1. The number of anilines is 1.